The highest BCUT2D eigenvalue weighted by atomic mass is 35.5. The summed E-state index contributed by atoms with van der Waals surface area (Å²) in [5.41, 5.74) is 6.18. The lowest BCUT2D eigenvalue weighted by molar-refractivity contribution is 0.337. The third-order valence-corrected chi connectivity index (χ3v) is 3.29. The first-order valence-electron chi connectivity index (χ1n) is 6.13. The second-order valence-corrected chi connectivity index (χ2v) is 4.84. The second kappa shape index (κ2) is 6.07. The number of nitrogens with zero attached hydrogens (tertiary/aromatic N) is 2. The normalized spacial score (nSPS) is 16.3. The summed E-state index contributed by atoms with van der Waals surface area (Å²) >= 11 is 6.02. The number of hydrogen-bond donors (Lipinski definition) is 2. The van der Waals surface area contributed by atoms with Crippen LogP contribution in [0.15, 0.2) is 12.3 Å². The van der Waals surface area contributed by atoms with E-state index in [1.54, 1.807) is 12.3 Å². The Labute approximate surface area is 107 Å². The van der Waals surface area contributed by atoms with Crippen LogP contribution in [0.1, 0.15) is 19.3 Å². The van der Waals surface area contributed by atoms with E-state index in [0.717, 1.165) is 25.3 Å². The first-order chi connectivity index (χ1) is 8.25. The molecule has 1 aliphatic rings. The molecule has 0 bridgehead atoms. The van der Waals surface area contributed by atoms with Gasteiger partial charge in [0.1, 0.15) is 5.82 Å². The van der Waals surface area contributed by atoms with Crippen molar-refractivity contribution >= 4 is 23.1 Å². The molecule has 1 aromatic rings. The highest BCUT2D eigenvalue weighted by Gasteiger charge is 2.10. The number of rotatable bonds is 5. The zero-order chi connectivity index (χ0) is 12.1. The molecule has 0 atom stereocenters. The average molecular weight is 255 g/mol. The van der Waals surface area contributed by atoms with Crippen LogP contribution in [0.5, 0.6) is 0 Å². The fourth-order valence-corrected chi connectivity index (χ4v) is 2.34. The molecule has 0 unspecified atom stereocenters. The molecule has 4 nitrogen and oxygen atoms in total. The van der Waals surface area contributed by atoms with Gasteiger partial charge in [-0.2, -0.15) is 0 Å². The van der Waals surface area contributed by atoms with Crippen molar-refractivity contribution in [3.63, 3.8) is 0 Å². The Kier molecular flexibility index (Phi) is 4.45. The number of halogens is 1. The van der Waals surface area contributed by atoms with E-state index in [-0.39, 0.29) is 0 Å². The van der Waals surface area contributed by atoms with Crippen LogP contribution in [-0.2, 0) is 0 Å². The first-order valence-corrected chi connectivity index (χ1v) is 6.51. The molecule has 3 N–H and O–H groups in total. The van der Waals surface area contributed by atoms with E-state index < -0.39 is 0 Å². The van der Waals surface area contributed by atoms with Gasteiger partial charge >= 0.3 is 0 Å². The molecule has 0 aliphatic carbocycles. The van der Waals surface area contributed by atoms with Crippen molar-refractivity contribution in [1.82, 2.24) is 9.88 Å². The molecule has 1 aromatic heterocycles. The Balaban J connectivity index is 1.70. The van der Waals surface area contributed by atoms with Crippen molar-refractivity contribution in [3.8, 4) is 0 Å². The molecule has 2 rings (SSSR count). The van der Waals surface area contributed by atoms with Gasteiger partial charge in [-0.05, 0) is 45.0 Å². The van der Waals surface area contributed by atoms with Gasteiger partial charge in [0, 0.05) is 6.54 Å². The number of hydrogen-bond acceptors (Lipinski definition) is 4. The van der Waals surface area contributed by atoms with Crippen LogP contribution in [0, 0.1) is 0 Å². The molecule has 0 saturated carbocycles. The lowest BCUT2D eigenvalue weighted by Gasteiger charge is -2.14. The summed E-state index contributed by atoms with van der Waals surface area (Å²) in [4.78, 5) is 6.67. The third-order valence-electron chi connectivity index (χ3n) is 3.00. The van der Waals surface area contributed by atoms with E-state index >= 15 is 0 Å². The van der Waals surface area contributed by atoms with Gasteiger partial charge in [0.05, 0.1) is 16.9 Å². The maximum absolute atomic E-state index is 6.02. The molecule has 17 heavy (non-hydrogen) atoms. The number of nitrogen functional groups attached to an aromatic ring is 1. The molecule has 94 valence electrons. The van der Waals surface area contributed by atoms with Crippen LogP contribution in [0.4, 0.5) is 11.5 Å². The zero-order valence-electron chi connectivity index (χ0n) is 9.95. The number of nitrogens with two attached hydrogens (primary N) is 1. The zero-order valence-corrected chi connectivity index (χ0v) is 10.7. The van der Waals surface area contributed by atoms with Gasteiger partial charge in [-0.15, -0.1) is 0 Å². The van der Waals surface area contributed by atoms with Gasteiger partial charge in [0.15, 0.2) is 0 Å². The van der Waals surface area contributed by atoms with Crippen LogP contribution >= 0.6 is 11.6 Å². The van der Waals surface area contributed by atoms with Crippen LogP contribution in [0.25, 0.3) is 0 Å². The number of anilines is 2. The van der Waals surface area contributed by atoms with Gasteiger partial charge in [0.25, 0.3) is 0 Å². The fourth-order valence-electron chi connectivity index (χ4n) is 2.10. The Hall–Kier alpha value is -1.00. The minimum absolute atomic E-state index is 0.589. The number of aromatic nitrogens is 1. The quantitative estimate of drug-likeness (QED) is 0.792. The number of pyridine rings is 1. The predicted molar refractivity (Wildman–Crippen MR) is 72.4 cm³/mol. The highest BCUT2D eigenvalue weighted by Crippen LogP contribution is 2.20. The average Bonchev–Trinajstić information content (AvgIpc) is 2.79. The molecule has 1 fully saturated rings. The van der Waals surface area contributed by atoms with Crippen LogP contribution in [0.3, 0.4) is 0 Å². The molecule has 0 spiro atoms. The van der Waals surface area contributed by atoms with Crippen LogP contribution < -0.4 is 11.1 Å². The van der Waals surface area contributed by atoms with Crippen molar-refractivity contribution in [3.05, 3.63) is 17.3 Å². The van der Waals surface area contributed by atoms with Gasteiger partial charge in [0.2, 0.25) is 0 Å². The Morgan fingerprint density at radius 2 is 2.18 bits per heavy atom. The minimum Gasteiger partial charge on any atom is -0.397 e. The van der Waals surface area contributed by atoms with E-state index in [1.165, 1.54) is 25.9 Å². The third kappa shape index (κ3) is 3.75. The van der Waals surface area contributed by atoms with E-state index in [2.05, 4.69) is 15.2 Å². The first kappa shape index (κ1) is 12.5. The number of nitrogens with one attached hydrogen (secondary N) is 1. The summed E-state index contributed by atoms with van der Waals surface area (Å²) in [6, 6.07) is 1.72. The Morgan fingerprint density at radius 3 is 2.88 bits per heavy atom. The summed E-state index contributed by atoms with van der Waals surface area (Å²) < 4.78 is 0. The van der Waals surface area contributed by atoms with Crippen molar-refractivity contribution in [2.45, 2.75) is 19.3 Å². The minimum atomic E-state index is 0.589. The SMILES string of the molecule is Nc1cnc(NCCCN2CCCC2)c(Cl)c1. The predicted octanol–water partition coefficient (Wildman–Crippen LogP) is 2.21. The lowest BCUT2D eigenvalue weighted by atomic mass is 10.3. The summed E-state index contributed by atoms with van der Waals surface area (Å²) in [5, 5.41) is 3.83. The Morgan fingerprint density at radius 1 is 1.41 bits per heavy atom. The topological polar surface area (TPSA) is 54.2 Å². The molecule has 1 aliphatic heterocycles. The summed E-state index contributed by atoms with van der Waals surface area (Å²) in [6.45, 7) is 4.55. The van der Waals surface area contributed by atoms with E-state index in [4.69, 9.17) is 17.3 Å². The summed E-state index contributed by atoms with van der Waals surface area (Å²) in [5.74, 6) is 0.724. The van der Waals surface area contributed by atoms with Crippen LogP contribution in [0.2, 0.25) is 5.02 Å². The molecule has 0 aromatic carbocycles. The van der Waals surface area contributed by atoms with E-state index in [1.807, 2.05) is 0 Å². The van der Waals surface area contributed by atoms with Gasteiger partial charge in [-0.25, -0.2) is 4.98 Å². The smallest absolute Gasteiger partial charge is 0.144 e. The standard InChI is InChI=1S/C12H19ClN4/c13-11-8-10(14)9-16-12(11)15-4-3-7-17-5-1-2-6-17/h8-9H,1-7,14H2,(H,15,16). The summed E-state index contributed by atoms with van der Waals surface area (Å²) in [6.07, 6.45) is 5.43. The molecule has 5 heteroatoms. The summed E-state index contributed by atoms with van der Waals surface area (Å²) in [7, 11) is 0. The second-order valence-electron chi connectivity index (χ2n) is 4.43. The largest absolute Gasteiger partial charge is 0.397 e. The van der Waals surface area contributed by atoms with Gasteiger partial charge in [-0.1, -0.05) is 11.6 Å². The van der Waals surface area contributed by atoms with E-state index in [0.29, 0.717) is 10.7 Å². The maximum Gasteiger partial charge on any atom is 0.144 e. The maximum atomic E-state index is 6.02. The number of likely N-dealkylation sites (tertiary alicyclic amines) is 1. The fraction of sp³-hybridized carbons (Fsp3) is 0.583. The van der Waals surface area contributed by atoms with Gasteiger partial charge in [-0.3, -0.25) is 0 Å². The molecule has 1 saturated heterocycles. The van der Waals surface area contributed by atoms with Crippen molar-refractivity contribution in [2.75, 3.05) is 37.2 Å². The van der Waals surface area contributed by atoms with Crippen molar-refractivity contribution in [1.29, 1.82) is 0 Å². The molecule has 2 heterocycles. The Bertz CT molecular complexity index is 364. The molecular formula is C12H19ClN4. The van der Waals surface area contributed by atoms with Crippen molar-refractivity contribution in [2.24, 2.45) is 0 Å². The molecule has 0 amide bonds. The van der Waals surface area contributed by atoms with Gasteiger partial charge < -0.3 is 16.0 Å². The monoisotopic (exact) mass is 254 g/mol. The van der Waals surface area contributed by atoms with Crippen LogP contribution in [-0.4, -0.2) is 36.1 Å². The highest BCUT2D eigenvalue weighted by molar-refractivity contribution is 6.33. The molecular weight excluding hydrogens is 236 g/mol. The van der Waals surface area contributed by atoms with E-state index in [9.17, 15) is 0 Å². The van der Waals surface area contributed by atoms with Crippen molar-refractivity contribution < 1.29 is 0 Å². The molecule has 0 radical (unpaired) electrons. The lowest BCUT2D eigenvalue weighted by Crippen LogP contribution is -2.22.